The predicted octanol–water partition coefficient (Wildman–Crippen LogP) is 1.12. The number of hydrogen-bond acceptors (Lipinski definition) is 6. The molecule has 2 aromatic heterocycles. The average molecular weight is 329 g/mol. The molecule has 2 rings (SSSR count). The number of rotatable bonds is 9. The van der Waals surface area contributed by atoms with E-state index in [4.69, 9.17) is 20.3 Å². The first-order valence-electron chi connectivity index (χ1n) is 7.01. The Hall–Kier alpha value is -1.54. The quantitative estimate of drug-likeness (QED) is 0.460. The molecule has 0 fully saturated rings. The summed E-state index contributed by atoms with van der Waals surface area (Å²) in [4.78, 5) is 29.5. The largest absolute Gasteiger partial charge is 0.382 e. The van der Waals surface area contributed by atoms with Crippen LogP contribution in [0.2, 0.25) is 0 Å². The van der Waals surface area contributed by atoms with Gasteiger partial charge >= 0.3 is 7.60 Å². The number of anilines is 1. The van der Waals surface area contributed by atoms with Crippen LogP contribution in [0.15, 0.2) is 12.7 Å². The molecule has 10 heteroatoms. The second kappa shape index (κ2) is 7.64. The van der Waals surface area contributed by atoms with E-state index < -0.39 is 13.9 Å². The molecule has 0 spiro atoms. The maximum absolute atomic E-state index is 10.6. The zero-order valence-corrected chi connectivity index (χ0v) is 13.0. The zero-order chi connectivity index (χ0) is 16.0. The van der Waals surface area contributed by atoms with Crippen molar-refractivity contribution < 1.29 is 19.1 Å². The Bertz CT molecular complexity index is 656. The minimum Gasteiger partial charge on any atom is -0.382 e. The van der Waals surface area contributed by atoms with Crippen LogP contribution in [0.5, 0.6) is 0 Å². The van der Waals surface area contributed by atoms with Crippen molar-refractivity contribution in [3.05, 3.63) is 12.7 Å². The SMILES string of the molecule is Nc1ncnc2c1ncn2CCCCCCOCP(=O)(O)O. The summed E-state index contributed by atoms with van der Waals surface area (Å²) in [5.74, 6) is 0.381. The number of aromatic nitrogens is 4. The number of aryl methyl sites for hydroxylation is 1. The van der Waals surface area contributed by atoms with E-state index in [1.807, 2.05) is 4.57 Å². The van der Waals surface area contributed by atoms with Crippen LogP contribution in [0.4, 0.5) is 5.82 Å². The monoisotopic (exact) mass is 329 g/mol. The van der Waals surface area contributed by atoms with Gasteiger partial charge in [0, 0.05) is 13.2 Å². The van der Waals surface area contributed by atoms with Gasteiger partial charge in [0.05, 0.1) is 6.33 Å². The lowest BCUT2D eigenvalue weighted by molar-refractivity contribution is 0.152. The summed E-state index contributed by atoms with van der Waals surface area (Å²) in [5, 5.41) is 0. The molecule has 22 heavy (non-hydrogen) atoms. The Morgan fingerprint density at radius 1 is 1.18 bits per heavy atom. The molecule has 0 aliphatic carbocycles. The maximum Gasteiger partial charge on any atom is 0.350 e. The number of unbranched alkanes of at least 4 members (excludes halogenated alkanes) is 3. The standard InChI is InChI=1S/C12H20N5O4P/c13-11-10-12(15-7-14-11)17(8-16-10)5-3-1-2-4-6-21-9-22(18,19)20/h7-8H,1-6,9H2,(H2,13,14,15)(H2,18,19,20). The van der Waals surface area contributed by atoms with Crippen molar-refractivity contribution in [3.8, 4) is 0 Å². The highest BCUT2D eigenvalue weighted by molar-refractivity contribution is 7.51. The molecule has 4 N–H and O–H groups in total. The molecule has 2 aromatic rings. The molecule has 0 aliphatic rings. The third kappa shape index (κ3) is 5.03. The van der Waals surface area contributed by atoms with E-state index in [0.717, 1.165) is 37.9 Å². The Balaban J connectivity index is 1.64. The lowest BCUT2D eigenvalue weighted by Crippen LogP contribution is -2.00. The van der Waals surface area contributed by atoms with Crippen molar-refractivity contribution in [2.24, 2.45) is 0 Å². The summed E-state index contributed by atoms with van der Waals surface area (Å²) in [7, 11) is -4.04. The van der Waals surface area contributed by atoms with Gasteiger partial charge in [-0.05, 0) is 12.8 Å². The van der Waals surface area contributed by atoms with E-state index in [9.17, 15) is 4.57 Å². The lowest BCUT2D eigenvalue weighted by atomic mass is 10.2. The van der Waals surface area contributed by atoms with Crippen molar-refractivity contribution in [1.82, 2.24) is 19.5 Å². The number of hydrogen-bond donors (Lipinski definition) is 3. The Kier molecular flexibility index (Phi) is 5.84. The number of nitrogen functional groups attached to an aromatic ring is 1. The van der Waals surface area contributed by atoms with Gasteiger partial charge in [0.2, 0.25) is 0 Å². The topological polar surface area (TPSA) is 136 Å². The summed E-state index contributed by atoms with van der Waals surface area (Å²) >= 11 is 0. The van der Waals surface area contributed by atoms with Crippen LogP contribution in [0, 0.1) is 0 Å². The molecule has 0 aromatic carbocycles. The average Bonchev–Trinajstić information content (AvgIpc) is 2.85. The third-order valence-corrected chi connectivity index (χ3v) is 3.65. The number of imidazole rings is 1. The van der Waals surface area contributed by atoms with Gasteiger partial charge in [-0.15, -0.1) is 0 Å². The molecule has 0 unspecified atom stereocenters. The molecule has 0 amide bonds. The molecule has 0 aliphatic heterocycles. The summed E-state index contributed by atoms with van der Waals surface area (Å²) in [6.45, 7) is 1.15. The normalized spacial score (nSPS) is 12.1. The van der Waals surface area contributed by atoms with Crippen molar-refractivity contribution in [3.63, 3.8) is 0 Å². The Morgan fingerprint density at radius 2 is 1.95 bits per heavy atom. The summed E-state index contributed by atoms with van der Waals surface area (Å²) in [6.07, 6.45) is 6.28. The highest BCUT2D eigenvalue weighted by Crippen LogP contribution is 2.33. The molecule has 122 valence electrons. The van der Waals surface area contributed by atoms with E-state index in [2.05, 4.69) is 15.0 Å². The first-order valence-corrected chi connectivity index (χ1v) is 8.81. The number of nitrogens with zero attached hydrogens (tertiary/aromatic N) is 4. The highest BCUT2D eigenvalue weighted by Gasteiger charge is 2.11. The minimum absolute atomic E-state index is 0.364. The van der Waals surface area contributed by atoms with E-state index >= 15 is 0 Å². The molecule has 9 nitrogen and oxygen atoms in total. The van der Waals surface area contributed by atoms with Gasteiger partial charge < -0.3 is 24.8 Å². The number of fused-ring (bicyclic) bond motifs is 1. The fourth-order valence-electron chi connectivity index (χ4n) is 2.09. The van der Waals surface area contributed by atoms with Gasteiger partial charge in [-0.3, -0.25) is 4.57 Å². The second-order valence-corrected chi connectivity index (χ2v) is 6.57. The van der Waals surface area contributed by atoms with Gasteiger partial charge in [0.1, 0.15) is 18.2 Å². The first-order chi connectivity index (χ1) is 10.5. The molecule has 0 saturated heterocycles. The van der Waals surface area contributed by atoms with Crippen LogP contribution >= 0.6 is 7.60 Å². The van der Waals surface area contributed by atoms with E-state index in [1.54, 1.807) is 6.33 Å². The van der Waals surface area contributed by atoms with Crippen molar-refractivity contribution in [1.29, 1.82) is 0 Å². The summed E-state index contributed by atoms with van der Waals surface area (Å²) in [6, 6.07) is 0. The van der Waals surface area contributed by atoms with E-state index in [-0.39, 0.29) is 0 Å². The number of nitrogens with two attached hydrogens (primary N) is 1. The molecule has 0 radical (unpaired) electrons. The van der Waals surface area contributed by atoms with E-state index in [0.29, 0.717) is 17.9 Å². The minimum atomic E-state index is -4.04. The van der Waals surface area contributed by atoms with Gasteiger partial charge in [0.25, 0.3) is 0 Å². The molecule has 0 atom stereocenters. The summed E-state index contributed by atoms with van der Waals surface area (Å²) < 4.78 is 17.4. The van der Waals surface area contributed by atoms with Gasteiger partial charge in [0.15, 0.2) is 11.5 Å². The maximum atomic E-state index is 10.6. The van der Waals surface area contributed by atoms with Crippen LogP contribution in [0.1, 0.15) is 25.7 Å². The highest BCUT2D eigenvalue weighted by atomic mass is 31.2. The Labute approximate surface area is 127 Å². The molecular formula is C12H20N5O4P. The Morgan fingerprint density at radius 3 is 2.73 bits per heavy atom. The van der Waals surface area contributed by atoms with Crippen molar-refractivity contribution >= 4 is 24.6 Å². The molecule has 0 saturated carbocycles. The fourth-order valence-corrected chi connectivity index (χ4v) is 2.45. The van der Waals surface area contributed by atoms with Crippen LogP contribution in [-0.4, -0.2) is 42.3 Å². The van der Waals surface area contributed by atoms with Gasteiger partial charge in [-0.2, -0.15) is 0 Å². The van der Waals surface area contributed by atoms with Crippen LogP contribution in [0.3, 0.4) is 0 Å². The molecule has 0 bridgehead atoms. The number of ether oxygens (including phenoxy) is 1. The first kappa shape index (κ1) is 16.8. The zero-order valence-electron chi connectivity index (χ0n) is 12.1. The fraction of sp³-hybridized carbons (Fsp3) is 0.583. The van der Waals surface area contributed by atoms with Crippen LogP contribution < -0.4 is 5.73 Å². The predicted molar refractivity (Wildman–Crippen MR) is 81.1 cm³/mol. The van der Waals surface area contributed by atoms with Crippen molar-refractivity contribution in [2.75, 3.05) is 18.7 Å². The smallest absolute Gasteiger partial charge is 0.350 e. The summed E-state index contributed by atoms with van der Waals surface area (Å²) in [5.41, 5.74) is 7.08. The van der Waals surface area contributed by atoms with Crippen molar-refractivity contribution in [2.45, 2.75) is 32.2 Å². The van der Waals surface area contributed by atoms with Gasteiger partial charge in [-0.25, -0.2) is 15.0 Å². The molecular weight excluding hydrogens is 309 g/mol. The van der Waals surface area contributed by atoms with Gasteiger partial charge in [-0.1, -0.05) is 12.8 Å². The van der Waals surface area contributed by atoms with E-state index in [1.165, 1.54) is 6.33 Å². The third-order valence-electron chi connectivity index (χ3n) is 3.13. The lowest BCUT2D eigenvalue weighted by Gasteiger charge is -2.06. The second-order valence-electron chi connectivity index (χ2n) is 4.99. The van der Waals surface area contributed by atoms with Crippen LogP contribution in [0.25, 0.3) is 11.2 Å². The molecule has 2 heterocycles. The van der Waals surface area contributed by atoms with Crippen LogP contribution in [-0.2, 0) is 15.8 Å².